The average Bonchev–Trinajstić information content (AvgIpc) is 2.22. The zero-order valence-electron chi connectivity index (χ0n) is 9.79. The molecular formula is C10H23NO3S. The number of hydrogen-bond donors (Lipinski definition) is 1. The first kappa shape index (κ1) is 14.9. The van der Waals surface area contributed by atoms with Crippen molar-refractivity contribution in [3.63, 3.8) is 0 Å². The molecule has 4 nitrogen and oxygen atoms in total. The van der Waals surface area contributed by atoms with Crippen LogP contribution in [0, 0.1) is 0 Å². The molecule has 0 aromatic rings. The Morgan fingerprint density at radius 3 is 2.47 bits per heavy atom. The predicted molar refractivity (Wildman–Crippen MR) is 62.9 cm³/mol. The molecule has 0 unspecified atom stereocenters. The van der Waals surface area contributed by atoms with E-state index in [1.54, 1.807) is 6.92 Å². The fraction of sp³-hybridized carbons (Fsp3) is 1.00. The van der Waals surface area contributed by atoms with Gasteiger partial charge in [0.25, 0.3) is 0 Å². The van der Waals surface area contributed by atoms with Crippen LogP contribution in [0.4, 0.5) is 0 Å². The van der Waals surface area contributed by atoms with Crippen LogP contribution in [0.25, 0.3) is 0 Å². The summed E-state index contributed by atoms with van der Waals surface area (Å²) in [7, 11) is -2.81. The minimum absolute atomic E-state index is 0.230. The molecule has 0 aliphatic heterocycles. The molecule has 0 aromatic heterocycles. The van der Waals surface area contributed by atoms with Crippen LogP contribution in [0.15, 0.2) is 0 Å². The molecule has 5 heteroatoms. The molecule has 0 aliphatic carbocycles. The monoisotopic (exact) mass is 237 g/mol. The van der Waals surface area contributed by atoms with Gasteiger partial charge in [0.1, 0.15) is 0 Å². The second-order valence-electron chi connectivity index (χ2n) is 3.45. The van der Waals surface area contributed by atoms with Crippen molar-refractivity contribution in [3.8, 4) is 0 Å². The Morgan fingerprint density at radius 2 is 1.87 bits per heavy atom. The van der Waals surface area contributed by atoms with Gasteiger partial charge in [0.2, 0.25) is 0 Å². The van der Waals surface area contributed by atoms with Crippen LogP contribution in [0.1, 0.15) is 26.7 Å². The zero-order valence-corrected chi connectivity index (χ0v) is 10.6. The summed E-state index contributed by atoms with van der Waals surface area (Å²) >= 11 is 0. The zero-order chi connectivity index (χ0) is 11.6. The van der Waals surface area contributed by atoms with Gasteiger partial charge in [-0.2, -0.15) is 0 Å². The maximum Gasteiger partial charge on any atom is 0.151 e. The highest BCUT2D eigenvalue weighted by molar-refractivity contribution is 7.91. The number of ether oxygens (including phenoxy) is 1. The molecule has 0 heterocycles. The summed E-state index contributed by atoms with van der Waals surface area (Å²) in [6.07, 6.45) is 1.98. The highest BCUT2D eigenvalue weighted by Gasteiger charge is 2.05. The smallest absolute Gasteiger partial charge is 0.151 e. The van der Waals surface area contributed by atoms with Crippen molar-refractivity contribution in [2.75, 3.05) is 37.8 Å². The fourth-order valence-corrected chi connectivity index (χ4v) is 1.79. The van der Waals surface area contributed by atoms with Gasteiger partial charge in [-0.05, 0) is 19.4 Å². The van der Waals surface area contributed by atoms with Crippen molar-refractivity contribution in [2.45, 2.75) is 26.7 Å². The molecule has 0 amide bonds. The second kappa shape index (κ2) is 9.12. The van der Waals surface area contributed by atoms with Gasteiger partial charge >= 0.3 is 0 Å². The third kappa shape index (κ3) is 10.2. The highest BCUT2D eigenvalue weighted by Crippen LogP contribution is 1.88. The molecule has 92 valence electrons. The van der Waals surface area contributed by atoms with Gasteiger partial charge in [-0.1, -0.05) is 13.8 Å². The number of hydrogen-bond acceptors (Lipinski definition) is 4. The van der Waals surface area contributed by atoms with Gasteiger partial charge in [0, 0.05) is 25.5 Å². The molecule has 0 aromatic carbocycles. The third-order valence-corrected chi connectivity index (χ3v) is 3.73. The van der Waals surface area contributed by atoms with Crippen LogP contribution in [0.5, 0.6) is 0 Å². The molecule has 0 fully saturated rings. The van der Waals surface area contributed by atoms with Crippen molar-refractivity contribution in [1.29, 1.82) is 0 Å². The molecule has 0 rings (SSSR count). The van der Waals surface area contributed by atoms with E-state index in [1.807, 2.05) is 0 Å². The molecule has 0 saturated carbocycles. The maximum atomic E-state index is 11.1. The summed E-state index contributed by atoms with van der Waals surface area (Å²) in [6, 6.07) is 0. The summed E-state index contributed by atoms with van der Waals surface area (Å²) in [5.41, 5.74) is 0. The predicted octanol–water partition coefficient (Wildman–Crippen LogP) is 0.827. The van der Waals surface area contributed by atoms with Crippen molar-refractivity contribution in [2.24, 2.45) is 0 Å². The van der Waals surface area contributed by atoms with Gasteiger partial charge in [-0.3, -0.25) is 0 Å². The van der Waals surface area contributed by atoms with E-state index >= 15 is 0 Å². The maximum absolute atomic E-state index is 11.1. The summed E-state index contributed by atoms with van der Waals surface area (Å²) in [5.74, 6) is 0.466. The quantitative estimate of drug-likeness (QED) is 0.572. The molecule has 0 bridgehead atoms. The van der Waals surface area contributed by atoms with Crippen molar-refractivity contribution in [3.05, 3.63) is 0 Å². The first-order valence-electron chi connectivity index (χ1n) is 5.61. The molecule has 0 aliphatic rings. The second-order valence-corrected chi connectivity index (χ2v) is 5.93. The van der Waals surface area contributed by atoms with Crippen LogP contribution in [-0.2, 0) is 14.6 Å². The van der Waals surface area contributed by atoms with Gasteiger partial charge in [-0.25, -0.2) is 8.42 Å². The molecule has 0 radical (unpaired) electrons. The topological polar surface area (TPSA) is 55.4 Å². The molecule has 15 heavy (non-hydrogen) atoms. The standard InChI is InChI=1S/C10H23NO3S/c1-3-8-14-9-5-6-11-7-10-15(12,13)4-2/h11H,3-10H2,1-2H3. The third-order valence-electron chi connectivity index (χ3n) is 2.02. The molecule has 0 spiro atoms. The van der Waals surface area contributed by atoms with Crippen molar-refractivity contribution in [1.82, 2.24) is 5.32 Å². The Labute approximate surface area is 93.3 Å². The van der Waals surface area contributed by atoms with Crippen molar-refractivity contribution < 1.29 is 13.2 Å². The van der Waals surface area contributed by atoms with E-state index in [0.717, 1.165) is 32.6 Å². The number of nitrogens with one attached hydrogen (secondary N) is 1. The van der Waals surface area contributed by atoms with E-state index in [-0.39, 0.29) is 11.5 Å². The SMILES string of the molecule is CCCOCCCNCCS(=O)(=O)CC. The van der Waals surface area contributed by atoms with Crippen LogP contribution >= 0.6 is 0 Å². The lowest BCUT2D eigenvalue weighted by Crippen LogP contribution is -2.25. The van der Waals surface area contributed by atoms with E-state index in [2.05, 4.69) is 12.2 Å². The summed E-state index contributed by atoms with van der Waals surface area (Å²) < 4.78 is 27.5. The fourth-order valence-electron chi connectivity index (χ4n) is 1.04. The van der Waals surface area contributed by atoms with E-state index in [1.165, 1.54) is 0 Å². The Balaban J connectivity index is 3.19. The van der Waals surface area contributed by atoms with Crippen molar-refractivity contribution >= 4 is 9.84 Å². The van der Waals surface area contributed by atoms with Gasteiger partial charge in [0.15, 0.2) is 9.84 Å². The van der Waals surface area contributed by atoms with Gasteiger partial charge in [0.05, 0.1) is 5.75 Å². The summed E-state index contributed by atoms with van der Waals surface area (Å²) in [5, 5.41) is 3.09. The first-order valence-corrected chi connectivity index (χ1v) is 7.43. The van der Waals surface area contributed by atoms with Crippen LogP contribution < -0.4 is 5.32 Å². The lowest BCUT2D eigenvalue weighted by molar-refractivity contribution is 0.132. The summed E-state index contributed by atoms with van der Waals surface area (Å²) in [6.45, 7) is 6.68. The van der Waals surface area contributed by atoms with Crippen LogP contribution in [0.2, 0.25) is 0 Å². The lowest BCUT2D eigenvalue weighted by Gasteiger charge is -2.05. The van der Waals surface area contributed by atoms with Crippen LogP contribution in [-0.4, -0.2) is 46.2 Å². The highest BCUT2D eigenvalue weighted by atomic mass is 32.2. The minimum atomic E-state index is -2.81. The Bertz CT molecular complexity index is 227. The van der Waals surface area contributed by atoms with E-state index in [4.69, 9.17) is 4.74 Å². The van der Waals surface area contributed by atoms with E-state index in [9.17, 15) is 8.42 Å². The molecule has 1 N–H and O–H groups in total. The van der Waals surface area contributed by atoms with Gasteiger partial charge in [-0.15, -0.1) is 0 Å². The normalized spacial score (nSPS) is 11.9. The molecule has 0 saturated heterocycles. The van der Waals surface area contributed by atoms with Crippen LogP contribution in [0.3, 0.4) is 0 Å². The Hall–Kier alpha value is -0.130. The lowest BCUT2D eigenvalue weighted by atomic mass is 10.4. The number of rotatable bonds is 10. The Kier molecular flexibility index (Phi) is 9.04. The largest absolute Gasteiger partial charge is 0.381 e. The molecule has 0 atom stereocenters. The van der Waals surface area contributed by atoms with Gasteiger partial charge < -0.3 is 10.1 Å². The Morgan fingerprint density at radius 1 is 1.13 bits per heavy atom. The average molecular weight is 237 g/mol. The number of sulfone groups is 1. The minimum Gasteiger partial charge on any atom is -0.381 e. The summed E-state index contributed by atoms with van der Waals surface area (Å²) in [4.78, 5) is 0. The first-order chi connectivity index (χ1) is 7.12. The molecular weight excluding hydrogens is 214 g/mol. The van der Waals surface area contributed by atoms with E-state index in [0.29, 0.717) is 6.54 Å². The van der Waals surface area contributed by atoms with E-state index < -0.39 is 9.84 Å².